The van der Waals surface area contributed by atoms with E-state index in [-0.39, 0.29) is 36.2 Å². The average molecular weight is 887 g/mol. The number of likely N-dealkylation sites (N-methyl/N-ethyl adjacent to an activating group) is 1. The standard InChI is InChI=1S/C55H99NO7/c1-6-8-10-12-14-16-18-20-22-24-25-26-27-28-29-30-32-34-36-38-40-42-44-46-54(58)63-51(49-61-48-47-52(55(59)60)56(3,4)5)50-62-53(57)45-43-41-39-37-35-33-31-23-21-19-17-15-13-11-9-7-2/h8,10,14,16,20,22,25-26,51-52H,6-7,9,11-13,15,17-19,21,23-24,27-50H2,1-5H3/p+1/b10-8-,16-14-,22-20-,26-25-. The summed E-state index contributed by atoms with van der Waals surface area (Å²) < 4.78 is 17.4. The molecule has 2 unspecified atom stereocenters. The molecular weight excluding hydrogens is 787 g/mol. The van der Waals surface area contributed by atoms with Crippen LogP contribution in [0.15, 0.2) is 48.6 Å². The zero-order chi connectivity index (χ0) is 46.3. The van der Waals surface area contributed by atoms with E-state index < -0.39 is 18.1 Å². The maximum atomic E-state index is 12.8. The zero-order valence-electron chi connectivity index (χ0n) is 41.8. The highest BCUT2D eigenvalue weighted by Gasteiger charge is 2.31. The van der Waals surface area contributed by atoms with E-state index in [9.17, 15) is 19.5 Å². The van der Waals surface area contributed by atoms with Gasteiger partial charge in [-0.15, -0.1) is 0 Å². The Bertz CT molecular complexity index is 1170. The summed E-state index contributed by atoms with van der Waals surface area (Å²) in [6.45, 7) is 4.65. The van der Waals surface area contributed by atoms with Crippen LogP contribution in [-0.4, -0.2) is 80.6 Å². The molecule has 0 aliphatic carbocycles. The molecule has 2 atom stereocenters. The van der Waals surface area contributed by atoms with E-state index >= 15 is 0 Å². The molecule has 8 nitrogen and oxygen atoms in total. The molecule has 0 aromatic heterocycles. The number of rotatable bonds is 47. The van der Waals surface area contributed by atoms with Crippen molar-refractivity contribution in [3.63, 3.8) is 0 Å². The molecule has 0 radical (unpaired) electrons. The second-order valence-electron chi connectivity index (χ2n) is 18.8. The smallest absolute Gasteiger partial charge is 0.362 e. The quantitative estimate of drug-likeness (QED) is 0.0281. The molecule has 0 spiro atoms. The Kier molecular flexibility index (Phi) is 43.9. The van der Waals surface area contributed by atoms with Gasteiger partial charge in [0.05, 0.1) is 34.4 Å². The van der Waals surface area contributed by atoms with Crippen molar-refractivity contribution in [1.29, 1.82) is 0 Å². The summed E-state index contributed by atoms with van der Waals surface area (Å²) in [7, 11) is 5.54. The lowest BCUT2D eigenvalue weighted by atomic mass is 10.0. The average Bonchev–Trinajstić information content (AvgIpc) is 3.24. The molecule has 0 bridgehead atoms. The molecule has 0 rings (SSSR count). The van der Waals surface area contributed by atoms with Crippen molar-refractivity contribution in [2.45, 2.75) is 244 Å². The van der Waals surface area contributed by atoms with Crippen LogP contribution in [-0.2, 0) is 28.6 Å². The molecule has 0 aliphatic rings. The van der Waals surface area contributed by atoms with Crippen molar-refractivity contribution < 1.29 is 38.2 Å². The first kappa shape index (κ1) is 60.3. The Morgan fingerprint density at radius 3 is 1.32 bits per heavy atom. The number of nitrogens with zero attached hydrogens (tertiary/aromatic N) is 1. The third-order valence-electron chi connectivity index (χ3n) is 11.7. The lowest BCUT2D eigenvalue weighted by Gasteiger charge is -2.31. The fourth-order valence-corrected chi connectivity index (χ4v) is 7.73. The number of hydrogen-bond acceptors (Lipinski definition) is 6. The van der Waals surface area contributed by atoms with Gasteiger partial charge in [-0.2, -0.15) is 0 Å². The van der Waals surface area contributed by atoms with Gasteiger partial charge in [0, 0.05) is 19.3 Å². The highest BCUT2D eigenvalue weighted by Crippen LogP contribution is 2.16. The molecule has 0 heterocycles. The Labute approximate surface area is 388 Å². The van der Waals surface area contributed by atoms with Crippen LogP contribution in [0, 0.1) is 0 Å². The van der Waals surface area contributed by atoms with Crippen LogP contribution in [0.4, 0.5) is 0 Å². The third-order valence-corrected chi connectivity index (χ3v) is 11.7. The summed E-state index contributed by atoms with van der Waals surface area (Å²) in [6, 6.07) is -0.615. The third kappa shape index (κ3) is 44.3. The van der Waals surface area contributed by atoms with Gasteiger partial charge >= 0.3 is 17.9 Å². The number of ether oxygens (including phenoxy) is 3. The second-order valence-corrected chi connectivity index (χ2v) is 18.8. The van der Waals surface area contributed by atoms with Gasteiger partial charge in [-0.3, -0.25) is 9.59 Å². The van der Waals surface area contributed by atoms with Crippen LogP contribution in [0.3, 0.4) is 0 Å². The predicted molar refractivity (Wildman–Crippen MR) is 266 cm³/mol. The maximum absolute atomic E-state index is 12.8. The van der Waals surface area contributed by atoms with Gasteiger partial charge in [-0.25, -0.2) is 4.79 Å². The van der Waals surface area contributed by atoms with Crippen LogP contribution in [0.2, 0.25) is 0 Å². The molecular formula is C55H100NO7+. The first-order chi connectivity index (χ1) is 30.6. The van der Waals surface area contributed by atoms with Crippen molar-refractivity contribution in [2.75, 3.05) is 41.0 Å². The van der Waals surface area contributed by atoms with Crippen LogP contribution in [0.1, 0.15) is 232 Å². The van der Waals surface area contributed by atoms with Crippen molar-refractivity contribution >= 4 is 17.9 Å². The highest BCUT2D eigenvalue weighted by atomic mass is 16.6. The largest absolute Gasteiger partial charge is 0.477 e. The molecule has 366 valence electrons. The SMILES string of the molecule is CC/C=C\C/C=C\C/C=C\C/C=C\CCCCCCCCCCCCC(=O)OC(COCCC(C(=O)O)[N+](C)(C)C)COC(=O)CCCCCCCCCCCCCCCCCC. The number of carboxylic acid groups (broad SMARTS) is 1. The number of hydrogen-bond donors (Lipinski definition) is 1. The van der Waals surface area contributed by atoms with Crippen LogP contribution in [0.5, 0.6) is 0 Å². The predicted octanol–water partition coefficient (Wildman–Crippen LogP) is 15.1. The number of carboxylic acids is 1. The molecule has 0 aromatic carbocycles. The Morgan fingerprint density at radius 2 is 0.889 bits per heavy atom. The van der Waals surface area contributed by atoms with Gasteiger partial charge in [-0.05, 0) is 51.4 Å². The maximum Gasteiger partial charge on any atom is 0.362 e. The minimum Gasteiger partial charge on any atom is -0.477 e. The molecule has 0 aliphatic heterocycles. The van der Waals surface area contributed by atoms with E-state index in [1.165, 1.54) is 135 Å². The normalized spacial score (nSPS) is 13.2. The molecule has 63 heavy (non-hydrogen) atoms. The molecule has 0 aromatic rings. The van der Waals surface area contributed by atoms with Crippen LogP contribution < -0.4 is 0 Å². The monoisotopic (exact) mass is 887 g/mol. The highest BCUT2D eigenvalue weighted by molar-refractivity contribution is 5.72. The van der Waals surface area contributed by atoms with Gasteiger partial charge in [0.15, 0.2) is 12.1 Å². The molecule has 1 N–H and O–H groups in total. The fraction of sp³-hybridized carbons (Fsp3) is 0.800. The second kappa shape index (κ2) is 45.8. The van der Waals surface area contributed by atoms with Crippen LogP contribution >= 0.6 is 0 Å². The number of esters is 2. The number of carbonyl (C=O) groups excluding carboxylic acids is 2. The number of quaternary nitrogens is 1. The molecule has 0 amide bonds. The van der Waals surface area contributed by atoms with Crippen LogP contribution in [0.25, 0.3) is 0 Å². The molecule has 0 saturated heterocycles. The van der Waals surface area contributed by atoms with Gasteiger partial charge in [0.2, 0.25) is 0 Å². The van der Waals surface area contributed by atoms with Crippen molar-refractivity contribution in [2.24, 2.45) is 0 Å². The summed E-state index contributed by atoms with van der Waals surface area (Å²) in [6.07, 6.45) is 55.8. The lowest BCUT2D eigenvalue weighted by molar-refractivity contribution is -0.887. The minimum absolute atomic E-state index is 0.0500. The van der Waals surface area contributed by atoms with Crippen molar-refractivity contribution in [3.8, 4) is 0 Å². The van der Waals surface area contributed by atoms with E-state index in [1.54, 1.807) is 0 Å². The summed E-state index contributed by atoms with van der Waals surface area (Å²) in [4.78, 5) is 37.2. The summed E-state index contributed by atoms with van der Waals surface area (Å²) >= 11 is 0. The number of aliphatic carboxylic acids is 1. The first-order valence-corrected chi connectivity index (χ1v) is 26.2. The summed E-state index contributed by atoms with van der Waals surface area (Å²) in [5.41, 5.74) is 0. The number of unbranched alkanes of at least 4 members (excludes halogenated alkanes) is 25. The zero-order valence-corrected chi connectivity index (χ0v) is 41.8. The molecule has 0 saturated carbocycles. The van der Waals surface area contributed by atoms with Crippen molar-refractivity contribution in [1.82, 2.24) is 0 Å². The topological polar surface area (TPSA) is 99.1 Å². The van der Waals surface area contributed by atoms with E-state index in [0.717, 1.165) is 64.2 Å². The van der Waals surface area contributed by atoms with E-state index in [4.69, 9.17) is 14.2 Å². The van der Waals surface area contributed by atoms with Gasteiger partial charge in [0.25, 0.3) is 0 Å². The van der Waals surface area contributed by atoms with Gasteiger partial charge in [0.1, 0.15) is 6.61 Å². The summed E-state index contributed by atoms with van der Waals surface area (Å²) in [5.74, 6) is -1.46. The Morgan fingerprint density at radius 1 is 0.492 bits per heavy atom. The van der Waals surface area contributed by atoms with E-state index in [2.05, 4.69) is 62.5 Å². The van der Waals surface area contributed by atoms with E-state index in [0.29, 0.717) is 19.3 Å². The molecule has 0 fully saturated rings. The number of allylic oxidation sites excluding steroid dienone is 8. The van der Waals surface area contributed by atoms with E-state index in [1.807, 2.05) is 21.1 Å². The van der Waals surface area contributed by atoms with Crippen molar-refractivity contribution in [3.05, 3.63) is 48.6 Å². The minimum atomic E-state index is -0.874. The summed E-state index contributed by atoms with van der Waals surface area (Å²) in [5, 5.41) is 9.66. The first-order valence-electron chi connectivity index (χ1n) is 26.2. The Hall–Kier alpha value is -2.71. The van der Waals surface area contributed by atoms with Gasteiger partial charge < -0.3 is 23.8 Å². The fourth-order valence-electron chi connectivity index (χ4n) is 7.73. The molecule has 8 heteroatoms. The number of carbonyl (C=O) groups is 3. The lowest BCUT2D eigenvalue weighted by Crippen LogP contribution is -2.50. The Balaban J connectivity index is 4.21. The van der Waals surface area contributed by atoms with Gasteiger partial charge in [-0.1, -0.05) is 210 Å².